The first kappa shape index (κ1) is 19.6. The molecule has 0 unspecified atom stereocenters. The summed E-state index contributed by atoms with van der Waals surface area (Å²) in [5, 5.41) is 6.46. The van der Waals surface area contributed by atoms with Crippen LogP contribution in [0.2, 0.25) is 5.15 Å². The van der Waals surface area contributed by atoms with E-state index in [1.165, 1.54) is 24.5 Å². The number of amides is 3. The van der Waals surface area contributed by atoms with Crippen molar-refractivity contribution >= 4 is 51.9 Å². The summed E-state index contributed by atoms with van der Waals surface area (Å²) in [4.78, 5) is 41.0. The third-order valence-electron chi connectivity index (χ3n) is 3.67. The second kappa shape index (κ2) is 8.68. The van der Waals surface area contributed by atoms with Crippen LogP contribution in [0.25, 0.3) is 11.0 Å². The number of thiazole rings is 1. The lowest BCUT2D eigenvalue weighted by atomic mass is 10.1. The molecule has 0 spiro atoms. The molecule has 10 heteroatoms. The van der Waals surface area contributed by atoms with E-state index in [0.29, 0.717) is 16.2 Å². The zero-order valence-corrected chi connectivity index (χ0v) is 16.2. The van der Waals surface area contributed by atoms with Gasteiger partial charge in [0.25, 0.3) is 5.91 Å². The molecular weight excluding hydrogens is 404 g/mol. The van der Waals surface area contributed by atoms with Crippen molar-refractivity contribution < 1.29 is 19.1 Å². The molecule has 0 bridgehead atoms. The number of aromatic nitrogens is 2. The highest BCUT2D eigenvalue weighted by Crippen LogP contribution is 2.23. The number of nitrogens with zero attached hydrogens (tertiary/aromatic N) is 2. The number of imide groups is 1. The molecule has 3 amide bonds. The Labute approximate surface area is 168 Å². The Bertz CT molecular complexity index is 1040. The van der Waals surface area contributed by atoms with Crippen molar-refractivity contribution in [1.82, 2.24) is 20.0 Å². The summed E-state index contributed by atoms with van der Waals surface area (Å²) in [5.41, 5.74) is 0.939. The zero-order valence-electron chi connectivity index (χ0n) is 14.6. The van der Waals surface area contributed by atoms with E-state index in [-0.39, 0.29) is 5.15 Å². The first-order valence-electron chi connectivity index (χ1n) is 8.07. The Morgan fingerprint density at radius 3 is 2.75 bits per heavy atom. The summed E-state index contributed by atoms with van der Waals surface area (Å²) in [6.07, 6.45) is 3.08. The number of nitrogens with one attached hydrogen (secondary N) is 2. The largest absolute Gasteiger partial charge is 0.444 e. The minimum absolute atomic E-state index is 0.243. The first-order valence-corrected chi connectivity index (χ1v) is 9.32. The minimum atomic E-state index is -1.29. The van der Waals surface area contributed by atoms with Gasteiger partial charge in [-0.1, -0.05) is 41.9 Å². The van der Waals surface area contributed by atoms with Crippen LogP contribution in [-0.4, -0.2) is 34.3 Å². The lowest BCUT2D eigenvalue weighted by Crippen LogP contribution is -2.41. The third kappa shape index (κ3) is 4.38. The lowest BCUT2D eigenvalue weighted by molar-refractivity contribution is -0.151. The fraction of sp³-hybridized carbons (Fsp3) is 0.111. The molecule has 0 saturated heterocycles. The van der Waals surface area contributed by atoms with Gasteiger partial charge in [-0.15, -0.1) is 11.3 Å². The number of fused-ring (bicyclic) bond motifs is 1. The van der Waals surface area contributed by atoms with Gasteiger partial charge >= 0.3 is 12.0 Å². The summed E-state index contributed by atoms with van der Waals surface area (Å²) in [6, 6.07) is 7.68. The number of esters is 1. The SMILES string of the molecule is CNC(=O)NC(=O)[C@@H](OC(=O)/C=C\c1c(Cl)nc2sccn12)c1ccccc1. The number of hydrogen-bond donors (Lipinski definition) is 2. The van der Waals surface area contributed by atoms with Crippen LogP contribution in [0.15, 0.2) is 48.0 Å². The van der Waals surface area contributed by atoms with E-state index in [4.69, 9.17) is 16.3 Å². The topological polar surface area (TPSA) is 102 Å². The molecule has 0 aliphatic heterocycles. The van der Waals surface area contributed by atoms with Crippen molar-refractivity contribution in [3.05, 3.63) is 64.4 Å². The molecule has 1 atom stereocenters. The fourth-order valence-electron chi connectivity index (χ4n) is 2.37. The molecule has 0 aliphatic carbocycles. The highest BCUT2D eigenvalue weighted by Gasteiger charge is 2.25. The number of urea groups is 1. The summed E-state index contributed by atoms with van der Waals surface area (Å²) >= 11 is 7.48. The molecular formula is C18H15ClN4O4S. The average molecular weight is 419 g/mol. The van der Waals surface area contributed by atoms with Gasteiger partial charge in [-0.05, 0) is 6.08 Å². The number of carbonyl (C=O) groups is 3. The molecule has 144 valence electrons. The van der Waals surface area contributed by atoms with Crippen LogP contribution in [0.5, 0.6) is 0 Å². The molecule has 3 aromatic rings. The molecule has 2 N–H and O–H groups in total. The standard InChI is InChI=1S/C18H15ClN4O4S/c1-20-17(26)22-16(25)14(11-5-3-2-4-6-11)27-13(24)8-7-12-15(19)21-18-23(12)9-10-28-18/h2-10,14H,1H3,(H2,20,22,25,26)/b8-7-/t14-/m0/s1. The number of rotatable bonds is 5. The Morgan fingerprint density at radius 1 is 1.29 bits per heavy atom. The van der Waals surface area contributed by atoms with Gasteiger partial charge in [0, 0.05) is 30.3 Å². The van der Waals surface area contributed by atoms with Gasteiger partial charge in [-0.2, -0.15) is 0 Å². The van der Waals surface area contributed by atoms with Crippen LogP contribution < -0.4 is 10.6 Å². The molecule has 2 aromatic heterocycles. The van der Waals surface area contributed by atoms with E-state index in [9.17, 15) is 14.4 Å². The van der Waals surface area contributed by atoms with Gasteiger partial charge in [-0.25, -0.2) is 14.6 Å². The van der Waals surface area contributed by atoms with Gasteiger partial charge in [0.15, 0.2) is 10.1 Å². The number of carbonyl (C=O) groups excluding carboxylic acids is 3. The first-order chi connectivity index (χ1) is 13.5. The Balaban J connectivity index is 1.79. The van der Waals surface area contributed by atoms with Crippen molar-refractivity contribution in [2.75, 3.05) is 7.05 Å². The number of benzene rings is 1. The van der Waals surface area contributed by atoms with E-state index in [2.05, 4.69) is 15.6 Å². The maximum Gasteiger partial charge on any atom is 0.331 e. The Hall–Kier alpha value is -3.17. The fourth-order valence-corrected chi connectivity index (χ4v) is 3.37. The van der Waals surface area contributed by atoms with E-state index in [0.717, 1.165) is 6.08 Å². The van der Waals surface area contributed by atoms with Gasteiger partial charge in [-0.3, -0.25) is 14.5 Å². The van der Waals surface area contributed by atoms with E-state index in [1.807, 2.05) is 5.38 Å². The van der Waals surface area contributed by atoms with Crippen LogP contribution in [-0.2, 0) is 14.3 Å². The molecule has 0 fully saturated rings. The smallest absolute Gasteiger partial charge is 0.331 e. The van der Waals surface area contributed by atoms with Crippen molar-refractivity contribution in [1.29, 1.82) is 0 Å². The number of halogens is 1. The van der Waals surface area contributed by atoms with Crippen LogP contribution in [0.3, 0.4) is 0 Å². The summed E-state index contributed by atoms with van der Waals surface area (Å²) in [6.45, 7) is 0. The van der Waals surface area contributed by atoms with Gasteiger partial charge < -0.3 is 10.1 Å². The lowest BCUT2D eigenvalue weighted by Gasteiger charge is -2.16. The molecule has 1 aromatic carbocycles. The number of ether oxygens (including phenoxy) is 1. The van der Waals surface area contributed by atoms with Crippen LogP contribution in [0.1, 0.15) is 17.4 Å². The van der Waals surface area contributed by atoms with Crippen LogP contribution in [0.4, 0.5) is 4.79 Å². The van der Waals surface area contributed by atoms with Crippen molar-refractivity contribution in [3.8, 4) is 0 Å². The van der Waals surface area contributed by atoms with E-state index >= 15 is 0 Å². The van der Waals surface area contributed by atoms with Gasteiger partial charge in [0.1, 0.15) is 0 Å². The summed E-state index contributed by atoms with van der Waals surface area (Å²) < 4.78 is 7.01. The van der Waals surface area contributed by atoms with E-state index < -0.39 is 24.0 Å². The normalized spacial score (nSPS) is 12.1. The highest BCUT2D eigenvalue weighted by atomic mass is 35.5. The number of imidazole rings is 1. The molecule has 0 aliphatic rings. The maximum atomic E-state index is 12.4. The quantitative estimate of drug-likeness (QED) is 0.490. The van der Waals surface area contributed by atoms with Gasteiger partial charge in [0.05, 0.1) is 5.69 Å². The molecule has 8 nitrogen and oxygen atoms in total. The van der Waals surface area contributed by atoms with E-state index in [1.54, 1.807) is 40.9 Å². The summed E-state index contributed by atoms with van der Waals surface area (Å²) in [5.74, 6) is -1.54. The van der Waals surface area contributed by atoms with Crippen molar-refractivity contribution in [2.45, 2.75) is 6.10 Å². The molecule has 3 rings (SSSR count). The minimum Gasteiger partial charge on any atom is -0.444 e. The Morgan fingerprint density at radius 2 is 2.04 bits per heavy atom. The van der Waals surface area contributed by atoms with Gasteiger partial charge in [0.2, 0.25) is 6.10 Å². The maximum absolute atomic E-state index is 12.4. The zero-order chi connectivity index (χ0) is 20.1. The second-order valence-electron chi connectivity index (χ2n) is 5.47. The third-order valence-corrected chi connectivity index (χ3v) is 4.70. The monoisotopic (exact) mass is 418 g/mol. The Kier molecular flexibility index (Phi) is 6.07. The number of hydrogen-bond acceptors (Lipinski definition) is 6. The van der Waals surface area contributed by atoms with Crippen molar-refractivity contribution in [2.24, 2.45) is 0 Å². The predicted molar refractivity (Wildman–Crippen MR) is 105 cm³/mol. The van der Waals surface area contributed by atoms with Crippen molar-refractivity contribution in [3.63, 3.8) is 0 Å². The van der Waals surface area contributed by atoms with Crippen LogP contribution in [0, 0.1) is 0 Å². The summed E-state index contributed by atoms with van der Waals surface area (Å²) in [7, 11) is 1.37. The predicted octanol–water partition coefficient (Wildman–Crippen LogP) is 2.80. The molecule has 28 heavy (non-hydrogen) atoms. The van der Waals surface area contributed by atoms with Crippen LogP contribution >= 0.6 is 22.9 Å². The molecule has 0 saturated carbocycles. The molecule has 0 radical (unpaired) electrons. The second-order valence-corrected chi connectivity index (χ2v) is 6.70. The average Bonchev–Trinajstić information content (AvgIpc) is 3.25. The molecule has 2 heterocycles. The highest BCUT2D eigenvalue weighted by molar-refractivity contribution is 7.15.